The molecule has 1 aliphatic heterocycles. The molecule has 4 rings (SSSR count). The van der Waals surface area contributed by atoms with Crippen LogP contribution < -0.4 is 0 Å². The number of fused-ring (bicyclic) bond motifs is 1. The monoisotopic (exact) mass is 426 g/mol. The van der Waals surface area contributed by atoms with Crippen LogP contribution in [-0.2, 0) is 16.8 Å². The van der Waals surface area contributed by atoms with Gasteiger partial charge in [0, 0.05) is 10.6 Å². The normalized spacial score (nSPS) is 27.2. The Hall–Kier alpha value is -2.24. The van der Waals surface area contributed by atoms with Crippen LogP contribution in [0.15, 0.2) is 36.9 Å². The standard InChI is InChI=1S/C18H17ClF2N4O4/c19-10-4-2-1-3-9(10)18(6-26)15(28)14(27)17(29-18)25-8-24-13-11(5-12(20)21)22-7-23-16(13)25/h1-4,7-8,12,14-15,17,26-28H,5-6H2. The molecule has 4 atom stereocenters. The molecule has 1 aliphatic rings. The Labute approximate surface area is 168 Å². The van der Waals surface area contributed by atoms with Crippen LogP contribution in [-0.4, -0.2) is 60.1 Å². The molecule has 0 bridgehead atoms. The lowest BCUT2D eigenvalue weighted by atomic mass is 9.88. The first-order valence-corrected chi connectivity index (χ1v) is 9.11. The Kier molecular flexibility index (Phi) is 5.21. The zero-order chi connectivity index (χ0) is 20.8. The van der Waals surface area contributed by atoms with E-state index in [0.29, 0.717) is 5.56 Å². The van der Waals surface area contributed by atoms with Crippen LogP contribution in [0.3, 0.4) is 0 Å². The van der Waals surface area contributed by atoms with Gasteiger partial charge in [-0.25, -0.2) is 23.7 Å². The summed E-state index contributed by atoms with van der Waals surface area (Å²) in [5.74, 6) is 0. The molecule has 154 valence electrons. The van der Waals surface area contributed by atoms with Crippen LogP contribution in [0.4, 0.5) is 8.78 Å². The molecule has 29 heavy (non-hydrogen) atoms. The SMILES string of the molecule is OCC1(c2ccccc2Cl)OC(n2cnc3c(CC(F)F)ncnc32)C(O)C1O. The fourth-order valence-corrected chi connectivity index (χ4v) is 3.93. The lowest BCUT2D eigenvalue weighted by Gasteiger charge is -2.31. The molecule has 11 heteroatoms. The number of ether oxygens (including phenoxy) is 1. The number of hydrogen-bond donors (Lipinski definition) is 3. The fourth-order valence-electron chi connectivity index (χ4n) is 3.63. The van der Waals surface area contributed by atoms with Crippen LogP contribution in [0, 0.1) is 0 Å². The summed E-state index contributed by atoms with van der Waals surface area (Å²) in [6.07, 6.45) is -5.06. The van der Waals surface area contributed by atoms with Crippen LogP contribution in [0.2, 0.25) is 5.02 Å². The van der Waals surface area contributed by atoms with E-state index in [1.807, 2.05) is 0 Å². The summed E-state index contributed by atoms with van der Waals surface area (Å²) in [6, 6.07) is 6.48. The highest BCUT2D eigenvalue weighted by atomic mass is 35.5. The second kappa shape index (κ2) is 7.54. The maximum atomic E-state index is 12.8. The maximum absolute atomic E-state index is 12.8. The van der Waals surface area contributed by atoms with Crippen molar-refractivity contribution in [1.29, 1.82) is 0 Å². The molecule has 3 N–H and O–H groups in total. The molecular weight excluding hydrogens is 410 g/mol. The molecule has 3 heterocycles. The fraction of sp³-hybridized carbons (Fsp3) is 0.389. The van der Waals surface area contributed by atoms with Crippen LogP contribution in [0.5, 0.6) is 0 Å². The van der Waals surface area contributed by atoms with Gasteiger partial charge in [0.1, 0.15) is 29.7 Å². The lowest BCUT2D eigenvalue weighted by molar-refractivity contribution is -0.133. The van der Waals surface area contributed by atoms with Gasteiger partial charge in [-0.05, 0) is 6.07 Å². The first kappa shape index (κ1) is 20.0. The number of rotatable bonds is 5. The molecule has 4 unspecified atom stereocenters. The average molecular weight is 427 g/mol. The van der Waals surface area contributed by atoms with E-state index in [4.69, 9.17) is 16.3 Å². The van der Waals surface area contributed by atoms with Crippen LogP contribution in [0.1, 0.15) is 17.5 Å². The largest absolute Gasteiger partial charge is 0.393 e. The van der Waals surface area contributed by atoms with E-state index < -0.39 is 43.5 Å². The van der Waals surface area contributed by atoms with Gasteiger partial charge in [0.25, 0.3) is 0 Å². The van der Waals surface area contributed by atoms with Crippen LogP contribution >= 0.6 is 11.6 Å². The average Bonchev–Trinajstić information content (AvgIpc) is 3.23. The molecule has 1 aromatic carbocycles. The number of benzene rings is 1. The molecule has 1 saturated heterocycles. The van der Waals surface area contributed by atoms with E-state index in [1.165, 1.54) is 10.9 Å². The van der Waals surface area contributed by atoms with Gasteiger partial charge in [0.05, 0.1) is 25.0 Å². The topological polar surface area (TPSA) is 114 Å². The molecular formula is C18H17ClF2N4O4. The molecule has 0 radical (unpaired) electrons. The third kappa shape index (κ3) is 3.17. The zero-order valence-electron chi connectivity index (χ0n) is 14.9. The minimum Gasteiger partial charge on any atom is -0.393 e. The molecule has 1 fully saturated rings. The van der Waals surface area contributed by atoms with Gasteiger partial charge in [0.2, 0.25) is 6.43 Å². The quantitative estimate of drug-likeness (QED) is 0.565. The van der Waals surface area contributed by atoms with Crippen LogP contribution in [0.25, 0.3) is 11.2 Å². The van der Waals surface area contributed by atoms with Crippen molar-refractivity contribution in [1.82, 2.24) is 19.5 Å². The third-order valence-electron chi connectivity index (χ3n) is 5.05. The summed E-state index contributed by atoms with van der Waals surface area (Å²) < 4.78 is 32.9. The number of aliphatic hydroxyl groups is 3. The molecule has 0 spiro atoms. The Morgan fingerprint density at radius 2 is 1.97 bits per heavy atom. The van der Waals surface area contributed by atoms with Crippen molar-refractivity contribution in [2.24, 2.45) is 0 Å². The molecule has 0 aliphatic carbocycles. The molecule has 2 aromatic heterocycles. The zero-order valence-corrected chi connectivity index (χ0v) is 15.6. The number of alkyl halides is 2. The van der Waals surface area contributed by atoms with E-state index in [2.05, 4.69) is 15.0 Å². The first-order valence-electron chi connectivity index (χ1n) is 8.73. The van der Waals surface area contributed by atoms with E-state index in [-0.39, 0.29) is 21.9 Å². The second-order valence-corrected chi connectivity index (χ2v) is 7.12. The molecule has 8 nitrogen and oxygen atoms in total. The maximum Gasteiger partial charge on any atom is 0.244 e. The Morgan fingerprint density at radius 3 is 2.66 bits per heavy atom. The summed E-state index contributed by atoms with van der Waals surface area (Å²) in [4.78, 5) is 12.0. The number of aliphatic hydroxyl groups excluding tert-OH is 3. The minimum atomic E-state index is -2.62. The number of nitrogens with zero attached hydrogens (tertiary/aromatic N) is 4. The lowest BCUT2D eigenvalue weighted by Crippen LogP contribution is -2.43. The highest BCUT2D eigenvalue weighted by molar-refractivity contribution is 6.31. The van der Waals surface area contributed by atoms with E-state index in [9.17, 15) is 24.1 Å². The predicted molar refractivity (Wildman–Crippen MR) is 97.4 cm³/mol. The first-order chi connectivity index (χ1) is 13.9. The van der Waals surface area contributed by atoms with Gasteiger partial charge in [-0.2, -0.15) is 0 Å². The number of halogens is 3. The predicted octanol–water partition coefficient (Wildman–Crippen LogP) is 1.43. The van der Waals surface area contributed by atoms with E-state index in [0.717, 1.165) is 6.33 Å². The Morgan fingerprint density at radius 1 is 1.21 bits per heavy atom. The van der Waals surface area contributed by atoms with Gasteiger partial charge in [-0.1, -0.05) is 29.8 Å². The van der Waals surface area contributed by atoms with Crippen molar-refractivity contribution < 1.29 is 28.8 Å². The summed E-state index contributed by atoms with van der Waals surface area (Å²) in [5, 5.41) is 31.7. The smallest absolute Gasteiger partial charge is 0.244 e. The van der Waals surface area contributed by atoms with Crippen molar-refractivity contribution in [3.05, 3.63) is 53.2 Å². The summed E-state index contributed by atoms with van der Waals surface area (Å²) in [7, 11) is 0. The van der Waals surface area contributed by atoms with E-state index >= 15 is 0 Å². The summed E-state index contributed by atoms with van der Waals surface area (Å²) >= 11 is 6.23. The van der Waals surface area contributed by atoms with Gasteiger partial charge < -0.3 is 20.1 Å². The molecule has 3 aromatic rings. The molecule has 0 saturated carbocycles. The van der Waals surface area contributed by atoms with Crippen molar-refractivity contribution >= 4 is 22.8 Å². The van der Waals surface area contributed by atoms with Gasteiger partial charge in [0.15, 0.2) is 11.9 Å². The van der Waals surface area contributed by atoms with Crippen molar-refractivity contribution in [3.63, 3.8) is 0 Å². The minimum absolute atomic E-state index is 0.0521. The summed E-state index contributed by atoms with van der Waals surface area (Å²) in [5.41, 5.74) is -1.05. The van der Waals surface area contributed by atoms with Gasteiger partial charge in [-0.15, -0.1) is 0 Å². The Bertz CT molecular complexity index is 1040. The third-order valence-corrected chi connectivity index (χ3v) is 5.38. The number of aromatic nitrogens is 4. The summed E-state index contributed by atoms with van der Waals surface area (Å²) in [6.45, 7) is -0.663. The van der Waals surface area contributed by atoms with Gasteiger partial charge in [-0.3, -0.25) is 4.57 Å². The number of hydrogen-bond acceptors (Lipinski definition) is 7. The van der Waals surface area contributed by atoms with Crippen molar-refractivity contribution in [2.45, 2.75) is 36.9 Å². The molecule has 0 amide bonds. The van der Waals surface area contributed by atoms with Gasteiger partial charge >= 0.3 is 0 Å². The highest BCUT2D eigenvalue weighted by Crippen LogP contribution is 2.46. The second-order valence-electron chi connectivity index (χ2n) is 6.71. The van der Waals surface area contributed by atoms with Crippen molar-refractivity contribution in [3.8, 4) is 0 Å². The van der Waals surface area contributed by atoms with Crippen molar-refractivity contribution in [2.75, 3.05) is 6.61 Å². The Balaban J connectivity index is 1.78. The highest BCUT2D eigenvalue weighted by Gasteiger charge is 2.56. The number of imidazole rings is 1. The van der Waals surface area contributed by atoms with E-state index in [1.54, 1.807) is 24.3 Å².